The molecule has 2 amide bonds. The number of amides is 2. The fourth-order valence-corrected chi connectivity index (χ4v) is 3.55. The monoisotopic (exact) mass is 380 g/mol. The van der Waals surface area contributed by atoms with Crippen molar-refractivity contribution in [2.24, 2.45) is 5.92 Å². The van der Waals surface area contributed by atoms with Gasteiger partial charge in [-0.1, -0.05) is 24.3 Å². The zero-order chi connectivity index (χ0) is 19.9. The molecule has 1 unspecified atom stereocenters. The van der Waals surface area contributed by atoms with Crippen LogP contribution in [0.4, 0.5) is 11.5 Å². The Labute approximate surface area is 166 Å². The molecule has 1 atom stereocenters. The first-order valence-electron chi connectivity index (χ1n) is 9.89. The quantitative estimate of drug-likeness (QED) is 0.836. The van der Waals surface area contributed by atoms with E-state index in [9.17, 15) is 9.59 Å². The zero-order valence-electron chi connectivity index (χ0n) is 16.6. The summed E-state index contributed by atoms with van der Waals surface area (Å²) in [6.45, 7) is 6.19. The molecule has 0 saturated carbocycles. The van der Waals surface area contributed by atoms with Crippen molar-refractivity contribution in [2.75, 3.05) is 36.4 Å². The Kier molecular flexibility index (Phi) is 6.63. The van der Waals surface area contributed by atoms with E-state index in [1.165, 1.54) is 0 Å². The summed E-state index contributed by atoms with van der Waals surface area (Å²) >= 11 is 0. The van der Waals surface area contributed by atoms with Crippen molar-refractivity contribution >= 4 is 23.3 Å². The number of aromatic nitrogens is 1. The van der Waals surface area contributed by atoms with Crippen LogP contribution in [0.1, 0.15) is 25.5 Å². The fourth-order valence-electron chi connectivity index (χ4n) is 3.55. The molecule has 1 aromatic heterocycles. The van der Waals surface area contributed by atoms with E-state index >= 15 is 0 Å². The number of nitrogens with one attached hydrogen (secondary N) is 1. The number of anilines is 2. The first kappa shape index (κ1) is 19.9. The predicted molar refractivity (Wildman–Crippen MR) is 111 cm³/mol. The lowest BCUT2D eigenvalue weighted by atomic mass is 9.97. The molecule has 1 N–H and O–H groups in total. The van der Waals surface area contributed by atoms with E-state index in [1.807, 2.05) is 61.2 Å². The molecule has 148 valence electrons. The number of piperidine rings is 1. The molecular formula is C22H28N4O2. The molecule has 0 bridgehead atoms. The lowest BCUT2D eigenvalue weighted by Crippen LogP contribution is -2.47. The number of benzene rings is 1. The minimum absolute atomic E-state index is 0.0639. The van der Waals surface area contributed by atoms with Crippen LogP contribution in [0.25, 0.3) is 0 Å². The molecule has 1 aromatic carbocycles. The number of aryl methyl sites for hydroxylation is 1. The third-order valence-electron chi connectivity index (χ3n) is 5.11. The van der Waals surface area contributed by atoms with Crippen molar-refractivity contribution in [1.29, 1.82) is 0 Å². The molecule has 28 heavy (non-hydrogen) atoms. The van der Waals surface area contributed by atoms with Crippen molar-refractivity contribution in [3.8, 4) is 0 Å². The lowest BCUT2D eigenvalue weighted by Gasteiger charge is -2.34. The van der Waals surface area contributed by atoms with Gasteiger partial charge < -0.3 is 15.1 Å². The van der Waals surface area contributed by atoms with Gasteiger partial charge in [-0.25, -0.2) is 4.98 Å². The largest absolute Gasteiger partial charge is 0.362 e. The summed E-state index contributed by atoms with van der Waals surface area (Å²) in [5.74, 6) is 0.365. The third kappa shape index (κ3) is 5.09. The first-order valence-corrected chi connectivity index (χ1v) is 9.89. The van der Waals surface area contributed by atoms with Crippen LogP contribution >= 0.6 is 0 Å². The highest BCUT2D eigenvalue weighted by Gasteiger charge is 2.29. The topological polar surface area (TPSA) is 65.5 Å². The average Bonchev–Trinajstić information content (AvgIpc) is 2.72. The van der Waals surface area contributed by atoms with E-state index in [0.717, 1.165) is 30.8 Å². The maximum absolute atomic E-state index is 12.9. The van der Waals surface area contributed by atoms with E-state index < -0.39 is 0 Å². The Morgan fingerprint density at radius 2 is 1.96 bits per heavy atom. The minimum Gasteiger partial charge on any atom is -0.362 e. The summed E-state index contributed by atoms with van der Waals surface area (Å²) in [4.78, 5) is 33.7. The van der Waals surface area contributed by atoms with Crippen LogP contribution in [0.5, 0.6) is 0 Å². The fraction of sp³-hybridized carbons (Fsp3) is 0.409. The molecule has 1 fully saturated rings. The molecule has 3 rings (SSSR count). The predicted octanol–water partition coefficient (Wildman–Crippen LogP) is 3.09. The molecule has 1 aliphatic rings. The number of para-hydroxylation sites is 1. The molecule has 0 spiro atoms. The number of rotatable bonds is 6. The van der Waals surface area contributed by atoms with Gasteiger partial charge in [0.1, 0.15) is 5.82 Å². The molecule has 2 heterocycles. The molecule has 0 aliphatic carbocycles. The Morgan fingerprint density at radius 1 is 1.18 bits per heavy atom. The number of carbonyl (C=O) groups is 2. The second-order valence-corrected chi connectivity index (χ2v) is 7.18. The van der Waals surface area contributed by atoms with Crippen molar-refractivity contribution < 1.29 is 9.59 Å². The molecule has 2 aromatic rings. The van der Waals surface area contributed by atoms with Crippen LogP contribution in [-0.4, -0.2) is 47.9 Å². The Hall–Kier alpha value is -2.89. The van der Waals surface area contributed by atoms with Crippen LogP contribution in [0.15, 0.2) is 48.5 Å². The van der Waals surface area contributed by atoms with Crippen molar-refractivity contribution in [1.82, 2.24) is 9.88 Å². The van der Waals surface area contributed by atoms with Crippen LogP contribution in [0, 0.1) is 12.8 Å². The summed E-state index contributed by atoms with van der Waals surface area (Å²) in [6.07, 6.45) is 1.63. The molecule has 1 saturated heterocycles. The first-order chi connectivity index (χ1) is 13.6. The summed E-state index contributed by atoms with van der Waals surface area (Å²) in [5, 5.41) is 2.89. The number of likely N-dealkylation sites (tertiary alicyclic amines) is 1. The summed E-state index contributed by atoms with van der Waals surface area (Å²) < 4.78 is 0. The maximum atomic E-state index is 12.9. The van der Waals surface area contributed by atoms with Crippen LogP contribution in [0.2, 0.25) is 0 Å². The maximum Gasteiger partial charge on any atom is 0.242 e. The Morgan fingerprint density at radius 3 is 2.68 bits per heavy atom. The van der Waals surface area contributed by atoms with E-state index in [0.29, 0.717) is 25.5 Å². The highest BCUT2D eigenvalue weighted by molar-refractivity contribution is 5.92. The highest BCUT2D eigenvalue weighted by Crippen LogP contribution is 2.20. The van der Waals surface area contributed by atoms with Crippen LogP contribution in [0.3, 0.4) is 0 Å². The number of hydrogen-bond donors (Lipinski definition) is 1. The van der Waals surface area contributed by atoms with Gasteiger partial charge in [-0.05, 0) is 51.0 Å². The normalized spacial score (nSPS) is 16.5. The van der Waals surface area contributed by atoms with E-state index in [-0.39, 0.29) is 17.7 Å². The molecule has 6 nitrogen and oxygen atoms in total. The lowest BCUT2D eigenvalue weighted by molar-refractivity contribution is -0.133. The molecular weight excluding hydrogens is 352 g/mol. The van der Waals surface area contributed by atoms with E-state index in [2.05, 4.69) is 15.2 Å². The van der Waals surface area contributed by atoms with Gasteiger partial charge in [0.15, 0.2) is 0 Å². The standard InChI is InChI=1S/C22H28N4O2/c1-3-25(19-11-5-4-6-12-19)16-21(27)26-14-8-10-18(15-26)22(28)24-20-13-7-9-17(2)23-20/h4-7,9,11-13,18H,3,8,10,14-16H2,1-2H3,(H,23,24,28). The summed E-state index contributed by atoms with van der Waals surface area (Å²) in [5.41, 5.74) is 1.90. The van der Waals surface area contributed by atoms with Gasteiger partial charge >= 0.3 is 0 Å². The van der Waals surface area contributed by atoms with Crippen molar-refractivity contribution in [3.05, 3.63) is 54.2 Å². The smallest absolute Gasteiger partial charge is 0.242 e. The van der Waals surface area contributed by atoms with E-state index in [4.69, 9.17) is 0 Å². The summed E-state index contributed by atoms with van der Waals surface area (Å²) in [7, 11) is 0. The number of hydrogen-bond acceptors (Lipinski definition) is 4. The zero-order valence-corrected chi connectivity index (χ0v) is 16.6. The Balaban J connectivity index is 1.59. The minimum atomic E-state index is -0.202. The van der Waals surface area contributed by atoms with Crippen LogP contribution < -0.4 is 10.2 Å². The molecule has 1 aliphatic heterocycles. The SMILES string of the molecule is CCN(CC(=O)N1CCCC(C(=O)Nc2cccc(C)n2)C1)c1ccccc1. The van der Waals surface area contributed by atoms with Gasteiger partial charge in [-0.2, -0.15) is 0 Å². The number of likely N-dealkylation sites (N-methyl/N-ethyl adjacent to an activating group) is 1. The number of pyridine rings is 1. The van der Waals surface area contributed by atoms with E-state index in [1.54, 1.807) is 6.07 Å². The number of carbonyl (C=O) groups excluding carboxylic acids is 2. The third-order valence-corrected chi connectivity index (χ3v) is 5.11. The van der Waals surface area contributed by atoms with Gasteiger partial charge in [0.2, 0.25) is 11.8 Å². The Bertz CT molecular complexity index is 809. The second kappa shape index (κ2) is 9.35. The van der Waals surface area contributed by atoms with Crippen LogP contribution in [-0.2, 0) is 9.59 Å². The van der Waals surface area contributed by atoms with Gasteiger partial charge in [0.25, 0.3) is 0 Å². The number of nitrogens with zero attached hydrogens (tertiary/aromatic N) is 3. The summed E-state index contributed by atoms with van der Waals surface area (Å²) in [6, 6.07) is 15.5. The second-order valence-electron chi connectivity index (χ2n) is 7.18. The molecule has 6 heteroatoms. The van der Waals surface area contributed by atoms with Crippen molar-refractivity contribution in [3.63, 3.8) is 0 Å². The van der Waals surface area contributed by atoms with Gasteiger partial charge in [-0.3, -0.25) is 9.59 Å². The van der Waals surface area contributed by atoms with Gasteiger partial charge in [0.05, 0.1) is 12.5 Å². The van der Waals surface area contributed by atoms with Gasteiger partial charge in [-0.15, -0.1) is 0 Å². The average molecular weight is 380 g/mol. The highest BCUT2D eigenvalue weighted by atomic mass is 16.2. The van der Waals surface area contributed by atoms with Gasteiger partial charge in [0, 0.05) is 31.0 Å². The van der Waals surface area contributed by atoms with Crippen molar-refractivity contribution in [2.45, 2.75) is 26.7 Å². The molecule has 0 radical (unpaired) electrons.